The van der Waals surface area contributed by atoms with Crippen molar-refractivity contribution in [1.29, 1.82) is 0 Å². The van der Waals surface area contributed by atoms with Crippen molar-refractivity contribution >= 4 is 17.7 Å². The van der Waals surface area contributed by atoms with E-state index in [0.29, 0.717) is 30.0 Å². The third-order valence-corrected chi connectivity index (χ3v) is 8.69. The van der Waals surface area contributed by atoms with Crippen LogP contribution in [0.2, 0.25) is 0 Å². The Morgan fingerprint density at radius 2 is 1.86 bits per heavy atom. The number of carbonyl (C=O) groups excluding carboxylic acids is 2. The summed E-state index contributed by atoms with van der Waals surface area (Å²) in [6.07, 6.45) is 9.62. The van der Waals surface area contributed by atoms with Gasteiger partial charge in [-0.25, -0.2) is 0 Å². The molecule has 1 N–H and O–H groups in total. The van der Waals surface area contributed by atoms with E-state index in [2.05, 4.69) is 13.8 Å². The average molecular weight is 389 g/mol. The standard InChI is InChI=1S/C23H32O5/c1-22-11-9-15(24)13-14(22)3-4-16-17-5-6-19(23(17,2)12-10-18(16)22)28-21(27)8-7-20(25)26/h13,16-19H,3-12H2,1-2H3,(H,25,26). The number of allylic oxidation sites excluding steroid dienone is 1. The molecule has 0 saturated heterocycles. The number of ether oxygens (including phenoxy) is 1. The molecule has 0 aliphatic heterocycles. The molecule has 0 aromatic carbocycles. The molecule has 0 heterocycles. The maximum atomic E-state index is 12.1. The van der Waals surface area contributed by atoms with Gasteiger partial charge < -0.3 is 9.84 Å². The Morgan fingerprint density at radius 1 is 1.07 bits per heavy atom. The van der Waals surface area contributed by atoms with Gasteiger partial charge in [0, 0.05) is 11.8 Å². The van der Waals surface area contributed by atoms with Crippen molar-refractivity contribution in [2.45, 2.75) is 84.2 Å². The molecule has 4 aliphatic carbocycles. The Morgan fingerprint density at radius 3 is 2.61 bits per heavy atom. The van der Waals surface area contributed by atoms with Crippen LogP contribution in [0.4, 0.5) is 0 Å². The third-order valence-electron chi connectivity index (χ3n) is 8.69. The van der Waals surface area contributed by atoms with Crippen molar-refractivity contribution in [1.82, 2.24) is 0 Å². The van der Waals surface area contributed by atoms with Crippen molar-refractivity contribution in [3.8, 4) is 0 Å². The summed E-state index contributed by atoms with van der Waals surface area (Å²) in [5.41, 5.74) is 1.54. The first-order valence-corrected chi connectivity index (χ1v) is 10.9. The van der Waals surface area contributed by atoms with Crippen molar-refractivity contribution < 1.29 is 24.2 Å². The van der Waals surface area contributed by atoms with Crippen LogP contribution in [-0.2, 0) is 19.1 Å². The van der Waals surface area contributed by atoms with E-state index in [9.17, 15) is 14.4 Å². The highest BCUT2D eigenvalue weighted by Crippen LogP contribution is 2.65. The Hall–Kier alpha value is -1.65. The van der Waals surface area contributed by atoms with Gasteiger partial charge in [-0.15, -0.1) is 0 Å². The van der Waals surface area contributed by atoms with E-state index >= 15 is 0 Å². The number of esters is 1. The predicted molar refractivity (Wildman–Crippen MR) is 103 cm³/mol. The van der Waals surface area contributed by atoms with Crippen LogP contribution in [0, 0.1) is 28.6 Å². The second-order valence-electron chi connectivity index (χ2n) is 9.96. The largest absolute Gasteiger partial charge is 0.481 e. The number of fused-ring (bicyclic) bond motifs is 5. The summed E-state index contributed by atoms with van der Waals surface area (Å²) in [5.74, 6) is 0.776. The van der Waals surface area contributed by atoms with Gasteiger partial charge in [0.15, 0.2) is 5.78 Å². The SMILES string of the molecule is CC12CCC(=O)C=C1CCC1C2CCC2(C)C(OC(=O)CCC(=O)O)CCC12. The summed E-state index contributed by atoms with van der Waals surface area (Å²) < 4.78 is 5.80. The molecule has 0 spiro atoms. The van der Waals surface area contributed by atoms with E-state index in [4.69, 9.17) is 9.84 Å². The first-order chi connectivity index (χ1) is 13.2. The fourth-order valence-electron chi connectivity index (χ4n) is 7.13. The van der Waals surface area contributed by atoms with Crippen LogP contribution in [0.5, 0.6) is 0 Å². The Kier molecular flexibility index (Phi) is 4.91. The molecule has 28 heavy (non-hydrogen) atoms. The minimum atomic E-state index is -0.960. The van der Waals surface area contributed by atoms with Crippen LogP contribution in [0.15, 0.2) is 11.6 Å². The molecular weight excluding hydrogens is 356 g/mol. The van der Waals surface area contributed by atoms with E-state index in [1.165, 1.54) is 5.57 Å². The van der Waals surface area contributed by atoms with E-state index in [1.54, 1.807) is 0 Å². The summed E-state index contributed by atoms with van der Waals surface area (Å²) in [7, 11) is 0. The summed E-state index contributed by atoms with van der Waals surface area (Å²) in [5, 5.41) is 8.79. The highest BCUT2D eigenvalue weighted by atomic mass is 16.5. The lowest BCUT2D eigenvalue weighted by molar-refractivity contribution is -0.161. The molecule has 3 fully saturated rings. The van der Waals surface area contributed by atoms with E-state index in [1.807, 2.05) is 6.08 Å². The van der Waals surface area contributed by atoms with Gasteiger partial charge in [-0.3, -0.25) is 14.4 Å². The summed E-state index contributed by atoms with van der Waals surface area (Å²) >= 11 is 0. The molecule has 0 bridgehead atoms. The van der Waals surface area contributed by atoms with Crippen LogP contribution < -0.4 is 0 Å². The van der Waals surface area contributed by atoms with E-state index in [0.717, 1.165) is 44.9 Å². The van der Waals surface area contributed by atoms with Gasteiger partial charge in [-0.1, -0.05) is 19.4 Å². The molecule has 6 atom stereocenters. The fraction of sp³-hybridized carbons (Fsp3) is 0.783. The fourth-order valence-corrected chi connectivity index (χ4v) is 7.13. The van der Waals surface area contributed by atoms with Gasteiger partial charge in [0.1, 0.15) is 6.10 Å². The molecule has 5 nitrogen and oxygen atoms in total. The van der Waals surface area contributed by atoms with Crippen molar-refractivity contribution in [3.05, 3.63) is 11.6 Å². The van der Waals surface area contributed by atoms with Crippen molar-refractivity contribution in [3.63, 3.8) is 0 Å². The lowest BCUT2D eigenvalue weighted by Gasteiger charge is -2.57. The maximum absolute atomic E-state index is 12.1. The number of carbonyl (C=O) groups is 3. The highest BCUT2D eigenvalue weighted by Gasteiger charge is 2.59. The van der Waals surface area contributed by atoms with E-state index < -0.39 is 5.97 Å². The van der Waals surface area contributed by atoms with Crippen molar-refractivity contribution in [2.75, 3.05) is 0 Å². The van der Waals surface area contributed by atoms with Crippen LogP contribution in [0.3, 0.4) is 0 Å². The quantitative estimate of drug-likeness (QED) is 0.727. The monoisotopic (exact) mass is 388 g/mol. The average Bonchev–Trinajstić information content (AvgIpc) is 2.97. The molecule has 5 heteroatoms. The molecule has 4 rings (SSSR count). The second kappa shape index (κ2) is 7.00. The molecule has 0 aromatic rings. The number of rotatable bonds is 4. The van der Waals surface area contributed by atoms with Crippen molar-refractivity contribution in [2.24, 2.45) is 28.6 Å². The van der Waals surface area contributed by atoms with Gasteiger partial charge in [-0.2, -0.15) is 0 Å². The first-order valence-electron chi connectivity index (χ1n) is 10.9. The molecule has 6 unspecified atom stereocenters. The topological polar surface area (TPSA) is 80.7 Å². The number of ketones is 1. The molecule has 3 saturated carbocycles. The zero-order valence-corrected chi connectivity index (χ0v) is 17.0. The molecule has 154 valence electrons. The number of aliphatic carboxylic acids is 1. The summed E-state index contributed by atoms with van der Waals surface area (Å²) in [6.45, 7) is 4.66. The lowest BCUT2D eigenvalue weighted by atomic mass is 9.47. The molecule has 4 aliphatic rings. The molecular formula is C23H32O5. The normalized spacial score (nSPS) is 42.1. The van der Waals surface area contributed by atoms with Crippen LogP contribution >= 0.6 is 0 Å². The summed E-state index contributed by atoms with van der Waals surface area (Å²) in [4.78, 5) is 34.8. The number of carboxylic acids is 1. The maximum Gasteiger partial charge on any atom is 0.306 e. The Labute approximate surface area is 166 Å². The minimum absolute atomic E-state index is 0.00210. The third kappa shape index (κ3) is 3.11. The Balaban J connectivity index is 1.49. The van der Waals surface area contributed by atoms with Gasteiger partial charge in [0.25, 0.3) is 0 Å². The van der Waals surface area contributed by atoms with E-state index in [-0.39, 0.29) is 35.7 Å². The number of hydrogen-bond acceptors (Lipinski definition) is 4. The minimum Gasteiger partial charge on any atom is -0.481 e. The Bertz CT molecular complexity index is 725. The zero-order chi connectivity index (χ0) is 20.1. The number of carboxylic acid groups (broad SMARTS) is 1. The lowest BCUT2D eigenvalue weighted by Crippen LogP contribution is -2.51. The van der Waals surface area contributed by atoms with Gasteiger partial charge >= 0.3 is 11.9 Å². The summed E-state index contributed by atoms with van der Waals surface area (Å²) in [6, 6.07) is 0. The van der Waals surface area contributed by atoms with Crippen LogP contribution in [0.25, 0.3) is 0 Å². The smallest absolute Gasteiger partial charge is 0.306 e. The zero-order valence-electron chi connectivity index (χ0n) is 17.0. The van der Waals surface area contributed by atoms with Crippen LogP contribution in [0.1, 0.15) is 78.1 Å². The van der Waals surface area contributed by atoms with Gasteiger partial charge in [0.2, 0.25) is 0 Å². The van der Waals surface area contributed by atoms with Crippen LogP contribution in [-0.4, -0.2) is 28.9 Å². The molecule has 0 amide bonds. The second-order valence-corrected chi connectivity index (χ2v) is 9.96. The first kappa shape index (κ1) is 19.7. The predicted octanol–water partition coefficient (Wildman–Crippen LogP) is 4.29. The van der Waals surface area contributed by atoms with Gasteiger partial charge in [-0.05, 0) is 74.2 Å². The molecule has 0 radical (unpaired) electrons. The molecule has 0 aromatic heterocycles. The number of hydrogen-bond donors (Lipinski definition) is 1. The highest BCUT2D eigenvalue weighted by molar-refractivity contribution is 5.91. The van der Waals surface area contributed by atoms with Gasteiger partial charge in [0.05, 0.1) is 12.8 Å².